The van der Waals surface area contributed by atoms with Crippen LogP contribution in [-0.4, -0.2) is 30.9 Å². The molecule has 1 atom stereocenters. The van der Waals surface area contributed by atoms with Crippen LogP contribution in [-0.2, 0) is 6.42 Å². The number of amides is 2. The molecule has 0 aromatic heterocycles. The molecular weight excluding hydrogens is 402 g/mol. The summed E-state index contributed by atoms with van der Waals surface area (Å²) in [6, 6.07) is 19.9. The normalized spacial score (nSPS) is 14.9. The maximum absolute atomic E-state index is 13.1. The lowest BCUT2D eigenvalue weighted by molar-refractivity contribution is 0.0715. The quantitative estimate of drug-likeness (QED) is 0.577. The van der Waals surface area contributed by atoms with E-state index in [0.717, 1.165) is 24.8 Å². The molecule has 0 fully saturated rings. The van der Waals surface area contributed by atoms with Gasteiger partial charge in [0.2, 0.25) is 0 Å². The van der Waals surface area contributed by atoms with Gasteiger partial charge in [-0.3, -0.25) is 9.59 Å². The minimum Gasteiger partial charge on any atom is -0.497 e. The van der Waals surface area contributed by atoms with Crippen molar-refractivity contribution in [2.75, 3.05) is 25.2 Å². The summed E-state index contributed by atoms with van der Waals surface area (Å²) >= 11 is 0. The zero-order valence-corrected chi connectivity index (χ0v) is 18.3. The van der Waals surface area contributed by atoms with Crippen molar-refractivity contribution < 1.29 is 14.3 Å². The van der Waals surface area contributed by atoms with Crippen molar-refractivity contribution in [2.45, 2.75) is 25.3 Å². The number of rotatable bonds is 5. The van der Waals surface area contributed by atoms with E-state index in [9.17, 15) is 9.59 Å². The minimum atomic E-state index is -0.215. The number of carbonyl (C=O) groups excluding carboxylic acids is 2. The van der Waals surface area contributed by atoms with Gasteiger partial charge in [-0.15, -0.1) is 0 Å². The molecular formula is C26H27N3O3. The van der Waals surface area contributed by atoms with Crippen molar-refractivity contribution >= 4 is 23.2 Å². The van der Waals surface area contributed by atoms with Crippen molar-refractivity contribution in [2.24, 2.45) is 0 Å². The molecule has 3 aromatic carbocycles. The molecule has 0 saturated carbocycles. The Kier molecular flexibility index (Phi) is 6.12. The van der Waals surface area contributed by atoms with Crippen molar-refractivity contribution in [3.63, 3.8) is 0 Å². The molecule has 2 amide bonds. The predicted molar refractivity (Wildman–Crippen MR) is 126 cm³/mol. The molecule has 0 aliphatic heterocycles. The maximum Gasteiger partial charge on any atom is 0.255 e. The maximum atomic E-state index is 13.1. The highest BCUT2D eigenvalue weighted by molar-refractivity contribution is 6.04. The molecule has 6 nitrogen and oxygen atoms in total. The molecule has 4 rings (SSSR count). The second-order valence-corrected chi connectivity index (χ2v) is 8.05. The first kappa shape index (κ1) is 21.4. The number of ether oxygens (including phenoxy) is 1. The van der Waals surface area contributed by atoms with E-state index in [2.05, 4.69) is 5.32 Å². The number of nitrogens with two attached hydrogens (primary N) is 1. The van der Waals surface area contributed by atoms with Gasteiger partial charge in [0, 0.05) is 29.5 Å². The highest BCUT2D eigenvalue weighted by atomic mass is 16.5. The van der Waals surface area contributed by atoms with E-state index in [1.165, 1.54) is 5.56 Å². The van der Waals surface area contributed by atoms with E-state index < -0.39 is 0 Å². The number of methoxy groups -OCH3 is 1. The van der Waals surface area contributed by atoms with E-state index in [0.29, 0.717) is 28.3 Å². The number of hydrogen-bond donors (Lipinski definition) is 2. The highest BCUT2D eigenvalue weighted by Crippen LogP contribution is 2.36. The average molecular weight is 430 g/mol. The Balaban J connectivity index is 1.56. The topological polar surface area (TPSA) is 84.7 Å². The number of nitrogens with one attached hydrogen (secondary N) is 1. The third kappa shape index (κ3) is 4.44. The summed E-state index contributed by atoms with van der Waals surface area (Å²) < 4.78 is 5.19. The van der Waals surface area contributed by atoms with Gasteiger partial charge in [0.1, 0.15) is 5.75 Å². The van der Waals surface area contributed by atoms with Crippen LogP contribution in [0.15, 0.2) is 66.7 Å². The van der Waals surface area contributed by atoms with Gasteiger partial charge < -0.3 is 20.7 Å². The van der Waals surface area contributed by atoms with Crippen molar-refractivity contribution in [3.8, 4) is 5.75 Å². The zero-order valence-electron chi connectivity index (χ0n) is 18.3. The first-order valence-electron chi connectivity index (χ1n) is 10.7. The van der Waals surface area contributed by atoms with Gasteiger partial charge in [-0.1, -0.05) is 12.1 Å². The zero-order chi connectivity index (χ0) is 22.7. The fourth-order valence-corrected chi connectivity index (χ4v) is 4.22. The van der Waals surface area contributed by atoms with E-state index in [1.807, 2.05) is 25.2 Å². The number of nitrogens with zero attached hydrogens (tertiary/aromatic N) is 1. The molecule has 3 N–H and O–H groups in total. The van der Waals surface area contributed by atoms with Gasteiger partial charge in [0.15, 0.2) is 0 Å². The number of fused-ring (bicyclic) bond motifs is 1. The number of carbonyl (C=O) groups is 2. The monoisotopic (exact) mass is 429 g/mol. The molecule has 1 aliphatic carbocycles. The third-order valence-electron chi connectivity index (χ3n) is 5.96. The SMILES string of the molecule is COc1ccc(C(=O)N(C)C2CCCc3ccc(NC(=O)c4cccc(N)c4)cc32)cc1. The summed E-state index contributed by atoms with van der Waals surface area (Å²) in [5.41, 5.74) is 10.4. The number of aryl methyl sites for hydroxylation is 1. The molecule has 3 aromatic rings. The summed E-state index contributed by atoms with van der Waals surface area (Å²) in [6.45, 7) is 0. The van der Waals surface area contributed by atoms with Crippen LogP contribution in [0.4, 0.5) is 11.4 Å². The van der Waals surface area contributed by atoms with Crippen molar-refractivity contribution in [1.82, 2.24) is 4.90 Å². The molecule has 0 heterocycles. The lowest BCUT2D eigenvalue weighted by Gasteiger charge is -2.34. The van der Waals surface area contributed by atoms with Crippen molar-refractivity contribution in [3.05, 3.63) is 89.0 Å². The minimum absolute atomic E-state index is 0.0419. The van der Waals surface area contributed by atoms with E-state index in [4.69, 9.17) is 10.5 Å². The van der Waals surface area contributed by atoms with Gasteiger partial charge in [0.25, 0.3) is 11.8 Å². The van der Waals surface area contributed by atoms with Crippen LogP contribution in [0, 0.1) is 0 Å². The number of anilines is 2. The Morgan fingerprint density at radius 3 is 2.53 bits per heavy atom. The van der Waals surface area contributed by atoms with Crippen LogP contribution < -0.4 is 15.8 Å². The number of hydrogen-bond acceptors (Lipinski definition) is 4. The third-order valence-corrected chi connectivity index (χ3v) is 5.96. The summed E-state index contributed by atoms with van der Waals surface area (Å²) in [7, 11) is 3.44. The molecule has 0 bridgehead atoms. The smallest absolute Gasteiger partial charge is 0.255 e. The van der Waals surface area contributed by atoms with Crippen LogP contribution in [0.2, 0.25) is 0 Å². The molecule has 164 valence electrons. The molecule has 1 unspecified atom stereocenters. The molecule has 6 heteroatoms. The van der Waals surface area contributed by atoms with Crippen LogP contribution in [0.3, 0.4) is 0 Å². The second-order valence-electron chi connectivity index (χ2n) is 8.05. The van der Waals surface area contributed by atoms with E-state index in [-0.39, 0.29) is 17.9 Å². The van der Waals surface area contributed by atoms with Gasteiger partial charge in [-0.05, 0) is 85.0 Å². The molecule has 0 radical (unpaired) electrons. The Morgan fingerprint density at radius 2 is 1.81 bits per heavy atom. The van der Waals surface area contributed by atoms with Crippen LogP contribution in [0.25, 0.3) is 0 Å². The standard InChI is InChI=1S/C26H27N3O3/c1-29(26(31)18-10-13-22(32-2)14-11-18)24-8-4-5-17-9-12-21(16-23(17)24)28-25(30)19-6-3-7-20(27)15-19/h3,6-7,9-16,24H,4-5,8,27H2,1-2H3,(H,28,30). The van der Waals surface area contributed by atoms with Gasteiger partial charge in [-0.2, -0.15) is 0 Å². The highest BCUT2D eigenvalue weighted by Gasteiger charge is 2.28. The Morgan fingerprint density at radius 1 is 1.03 bits per heavy atom. The first-order valence-corrected chi connectivity index (χ1v) is 10.7. The first-order chi connectivity index (χ1) is 15.5. The molecule has 0 spiro atoms. The number of benzene rings is 3. The summed E-state index contributed by atoms with van der Waals surface area (Å²) in [4.78, 5) is 27.6. The Hall–Kier alpha value is -3.80. The van der Waals surface area contributed by atoms with Crippen LogP contribution >= 0.6 is 0 Å². The fourth-order valence-electron chi connectivity index (χ4n) is 4.22. The Labute approximate surface area is 188 Å². The predicted octanol–water partition coefficient (Wildman–Crippen LogP) is 4.68. The summed E-state index contributed by atoms with van der Waals surface area (Å²) in [5.74, 6) is 0.458. The average Bonchev–Trinajstić information content (AvgIpc) is 2.82. The van der Waals surface area contributed by atoms with Crippen LogP contribution in [0.5, 0.6) is 5.75 Å². The molecule has 1 aliphatic rings. The molecule has 32 heavy (non-hydrogen) atoms. The summed E-state index contributed by atoms with van der Waals surface area (Å²) in [5, 5.41) is 2.96. The van der Waals surface area contributed by atoms with Crippen molar-refractivity contribution in [1.29, 1.82) is 0 Å². The summed E-state index contributed by atoms with van der Waals surface area (Å²) in [6.07, 6.45) is 2.84. The van der Waals surface area contributed by atoms with Gasteiger partial charge in [-0.25, -0.2) is 0 Å². The van der Waals surface area contributed by atoms with Gasteiger partial charge in [0.05, 0.1) is 13.2 Å². The lowest BCUT2D eigenvalue weighted by Crippen LogP contribution is -2.33. The van der Waals surface area contributed by atoms with E-state index >= 15 is 0 Å². The lowest BCUT2D eigenvalue weighted by atomic mass is 9.86. The number of nitrogen functional groups attached to an aromatic ring is 1. The Bertz CT molecular complexity index is 1140. The fraction of sp³-hybridized carbons (Fsp3) is 0.231. The second kappa shape index (κ2) is 9.14. The largest absolute Gasteiger partial charge is 0.497 e. The van der Waals surface area contributed by atoms with Crippen LogP contribution in [0.1, 0.15) is 50.7 Å². The van der Waals surface area contributed by atoms with E-state index in [1.54, 1.807) is 60.5 Å². The van der Waals surface area contributed by atoms with Gasteiger partial charge >= 0.3 is 0 Å². The molecule has 0 saturated heterocycles.